The lowest BCUT2D eigenvalue weighted by Gasteiger charge is -1.95. The Morgan fingerprint density at radius 1 is 1.33 bits per heavy atom. The third kappa shape index (κ3) is 4.73. The van der Waals surface area contributed by atoms with Gasteiger partial charge in [-0.15, -0.1) is 0 Å². The van der Waals surface area contributed by atoms with E-state index in [0.29, 0.717) is 5.02 Å². The highest BCUT2D eigenvalue weighted by molar-refractivity contribution is 8.03. The Kier molecular flexibility index (Phi) is 4.70. The molecule has 1 aromatic carbocycles. The van der Waals surface area contributed by atoms with E-state index in [2.05, 4.69) is 0 Å². The van der Waals surface area contributed by atoms with Gasteiger partial charge in [0, 0.05) is 15.3 Å². The van der Waals surface area contributed by atoms with Gasteiger partial charge in [0.1, 0.15) is 0 Å². The minimum Gasteiger partial charge on any atom is -0.224 e. The minimum absolute atomic E-state index is 0.130. The molecule has 0 aliphatic carbocycles. The van der Waals surface area contributed by atoms with Gasteiger partial charge in [-0.3, -0.25) is 0 Å². The van der Waals surface area contributed by atoms with Gasteiger partial charge in [0.15, 0.2) is 9.84 Å². The highest BCUT2D eigenvalue weighted by atomic mass is 35.5. The molecule has 0 atom stereocenters. The highest BCUT2D eigenvalue weighted by Gasteiger charge is 1.99. The zero-order valence-corrected chi connectivity index (χ0v) is 10.6. The van der Waals surface area contributed by atoms with Crippen LogP contribution < -0.4 is 0 Å². The molecule has 0 N–H and O–H groups in total. The lowest BCUT2D eigenvalue weighted by molar-refractivity contribution is 0.606. The molecule has 0 unspecified atom stereocenters. The SMILES string of the molecule is CCS(=O)(=O)C=CSc1ccc(Cl)cc1. The smallest absolute Gasteiger partial charge is 0.171 e. The normalized spacial score (nSPS) is 12.1. The van der Waals surface area contributed by atoms with Gasteiger partial charge in [-0.25, -0.2) is 8.42 Å². The maximum atomic E-state index is 11.1. The fourth-order valence-electron chi connectivity index (χ4n) is 0.800. The lowest BCUT2D eigenvalue weighted by atomic mass is 10.4. The number of halogens is 1. The van der Waals surface area contributed by atoms with Crippen molar-refractivity contribution in [3.8, 4) is 0 Å². The molecule has 0 aliphatic rings. The molecule has 0 fully saturated rings. The lowest BCUT2D eigenvalue weighted by Crippen LogP contribution is -1.96. The van der Waals surface area contributed by atoms with Crippen LogP contribution in [0, 0.1) is 0 Å². The van der Waals surface area contributed by atoms with Crippen molar-refractivity contribution in [2.24, 2.45) is 0 Å². The van der Waals surface area contributed by atoms with Crippen LogP contribution in [0.5, 0.6) is 0 Å². The van der Waals surface area contributed by atoms with Crippen LogP contribution in [-0.4, -0.2) is 14.2 Å². The molecule has 0 aliphatic heterocycles. The number of thioether (sulfide) groups is 1. The summed E-state index contributed by atoms with van der Waals surface area (Å²) >= 11 is 7.07. The van der Waals surface area contributed by atoms with Crippen molar-refractivity contribution in [3.05, 3.63) is 40.1 Å². The molecular formula is C10H11ClO2S2. The Bertz CT molecular complexity index is 435. The molecule has 82 valence electrons. The summed E-state index contributed by atoms with van der Waals surface area (Å²) in [5.41, 5.74) is 0. The maximum absolute atomic E-state index is 11.1. The van der Waals surface area contributed by atoms with Gasteiger partial charge >= 0.3 is 0 Å². The molecule has 1 aromatic rings. The van der Waals surface area contributed by atoms with E-state index in [-0.39, 0.29) is 5.75 Å². The topological polar surface area (TPSA) is 34.1 Å². The zero-order chi connectivity index (χ0) is 11.3. The number of rotatable bonds is 4. The number of hydrogen-bond acceptors (Lipinski definition) is 3. The monoisotopic (exact) mass is 262 g/mol. The van der Waals surface area contributed by atoms with Crippen LogP contribution >= 0.6 is 23.4 Å². The van der Waals surface area contributed by atoms with Crippen molar-refractivity contribution in [2.45, 2.75) is 11.8 Å². The Morgan fingerprint density at radius 3 is 2.47 bits per heavy atom. The van der Waals surface area contributed by atoms with Crippen molar-refractivity contribution in [2.75, 3.05) is 5.75 Å². The molecule has 1 rings (SSSR count). The van der Waals surface area contributed by atoms with E-state index >= 15 is 0 Å². The number of hydrogen-bond donors (Lipinski definition) is 0. The molecule has 2 nitrogen and oxygen atoms in total. The number of sulfone groups is 1. The second-order valence-electron chi connectivity index (χ2n) is 2.80. The average molecular weight is 263 g/mol. The maximum Gasteiger partial charge on any atom is 0.171 e. The van der Waals surface area contributed by atoms with E-state index in [1.54, 1.807) is 24.5 Å². The first-order chi connectivity index (χ1) is 7.03. The Morgan fingerprint density at radius 2 is 1.93 bits per heavy atom. The molecule has 0 bridgehead atoms. The molecule has 0 saturated carbocycles. The molecule has 15 heavy (non-hydrogen) atoms. The second-order valence-corrected chi connectivity index (χ2v) is 6.39. The van der Waals surface area contributed by atoms with E-state index in [1.165, 1.54) is 17.2 Å². The number of benzene rings is 1. The van der Waals surface area contributed by atoms with E-state index in [1.807, 2.05) is 12.1 Å². The molecule has 0 amide bonds. The van der Waals surface area contributed by atoms with Gasteiger partial charge in [0.05, 0.1) is 5.75 Å². The zero-order valence-electron chi connectivity index (χ0n) is 8.18. The van der Waals surface area contributed by atoms with Gasteiger partial charge in [-0.1, -0.05) is 30.3 Å². The average Bonchev–Trinajstić information content (AvgIpc) is 2.21. The fourth-order valence-corrected chi connectivity index (χ4v) is 2.47. The highest BCUT2D eigenvalue weighted by Crippen LogP contribution is 2.21. The molecule has 0 spiro atoms. The molecular weight excluding hydrogens is 252 g/mol. The molecule has 0 heterocycles. The van der Waals surface area contributed by atoms with Crippen LogP contribution in [0.1, 0.15) is 6.92 Å². The summed E-state index contributed by atoms with van der Waals surface area (Å²) in [6.45, 7) is 1.62. The van der Waals surface area contributed by atoms with E-state index < -0.39 is 9.84 Å². The van der Waals surface area contributed by atoms with E-state index in [9.17, 15) is 8.42 Å². The first-order valence-corrected chi connectivity index (χ1v) is 7.32. The molecule has 0 saturated heterocycles. The van der Waals surface area contributed by atoms with Crippen molar-refractivity contribution >= 4 is 33.2 Å². The largest absolute Gasteiger partial charge is 0.224 e. The van der Waals surface area contributed by atoms with Crippen LogP contribution in [0.2, 0.25) is 5.02 Å². The summed E-state index contributed by atoms with van der Waals surface area (Å²) in [6.07, 6.45) is 0. The van der Waals surface area contributed by atoms with E-state index in [0.717, 1.165) is 4.90 Å². The fraction of sp³-hybridized carbons (Fsp3) is 0.200. The van der Waals surface area contributed by atoms with Crippen molar-refractivity contribution in [1.29, 1.82) is 0 Å². The molecule has 0 radical (unpaired) electrons. The summed E-state index contributed by atoms with van der Waals surface area (Å²) < 4.78 is 22.2. The molecule has 0 aromatic heterocycles. The van der Waals surface area contributed by atoms with Crippen LogP contribution in [0.4, 0.5) is 0 Å². The molecule has 5 heteroatoms. The van der Waals surface area contributed by atoms with Gasteiger partial charge in [-0.05, 0) is 29.7 Å². The quantitative estimate of drug-likeness (QED) is 0.781. The van der Waals surface area contributed by atoms with Crippen molar-refractivity contribution < 1.29 is 8.42 Å². The standard InChI is InChI=1S/C10H11ClO2S2/c1-2-15(12,13)8-7-14-10-5-3-9(11)4-6-10/h3-8H,2H2,1H3. The predicted octanol–water partition coefficient (Wildman–Crippen LogP) is 3.34. The summed E-state index contributed by atoms with van der Waals surface area (Å²) in [7, 11) is -3.03. The van der Waals surface area contributed by atoms with Gasteiger partial charge in [-0.2, -0.15) is 0 Å². The Hall–Kier alpha value is -0.450. The second kappa shape index (κ2) is 5.58. The van der Waals surface area contributed by atoms with Crippen LogP contribution in [0.25, 0.3) is 0 Å². The van der Waals surface area contributed by atoms with Crippen LogP contribution in [0.3, 0.4) is 0 Å². The van der Waals surface area contributed by atoms with E-state index in [4.69, 9.17) is 11.6 Å². The van der Waals surface area contributed by atoms with Gasteiger partial charge in [0.2, 0.25) is 0 Å². The van der Waals surface area contributed by atoms with Crippen LogP contribution in [0.15, 0.2) is 40.0 Å². The first-order valence-electron chi connectivity index (χ1n) is 4.35. The third-order valence-corrected chi connectivity index (χ3v) is 4.28. The van der Waals surface area contributed by atoms with Gasteiger partial charge in [0.25, 0.3) is 0 Å². The van der Waals surface area contributed by atoms with Crippen molar-refractivity contribution in [1.82, 2.24) is 0 Å². The third-order valence-electron chi connectivity index (χ3n) is 1.68. The summed E-state index contributed by atoms with van der Waals surface area (Å²) in [5, 5.41) is 3.47. The minimum atomic E-state index is -3.03. The van der Waals surface area contributed by atoms with Crippen LogP contribution in [-0.2, 0) is 9.84 Å². The Labute approximate surface area is 99.3 Å². The summed E-state index contributed by atoms with van der Waals surface area (Å²) in [6, 6.07) is 7.23. The predicted molar refractivity (Wildman–Crippen MR) is 65.9 cm³/mol. The Balaban J connectivity index is 2.62. The van der Waals surface area contributed by atoms with Gasteiger partial charge < -0.3 is 0 Å². The van der Waals surface area contributed by atoms with Crippen molar-refractivity contribution in [3.63, 3.8) is 0 Å². The summed E-state index contributed by atoms with van der Waals surface area (Å²) in [4.78, 5) is 0.960. The summed E-state index contributed by atoms with van der Waals surface area (Å²) in [5.74, 6) is 0.130. The first kappa shape index (κ1) is 12.6.